The van der Waals surface area contributed by atoms with E-state index in [1.165, 1.54) is 17.4 Å². The minimum absolute atomic E-state index is 0.0740. The van der Waals surface area contributed by atoms with Crippen molar-refractivity contribution in [2.45, 2.75) is 6.92 Å². The van der Waals surface area contributed by atoms with Gasteiger partial charge < -0.3 is 10.4 Å². The van der Waals surface area contributed by atoms with Crippen LogP contribution in [-0.4, -0.2) is 17.0 Å². The number of carbonyl (C=O) groups is 2. The maximum atomic E-state index is 13.0. The van der Waals surface area contributed by atoms with Gasteiger partial charge in [-0.05, 0) is 37.3 Å². The van der Waals surface area contributed by atoms with E-state index in [1.54, 1.807) is 12.1 Å². The molecule has 2 rings (SSSR count). The van der Waals surface area contributed by atoms with E-state index in [0.29, 0.717) is 4.88 Å². The Hall–Kier alpha value is -2.21. The SMILES string of the molecule is Cc1ccc(C(=O)Nc2ccc(F)cc2C(=O)O)s1. The molecule has 0 saturated heterocycles. The molecule has 6 heteroatoms. The number of carboxylic acids is 1. The van der Waals surface area contributed by atoms with E-state index >= 15 is 0 Å². The molecule has 0 bridgehead atoms. The summed E-state index contributed by atoms with van der Waals surface area (Å²) in [5.41, 5.74) is -0.202. The molecule has 1 aromatic carbocycles. The van der Waals surface area contributed by atoms with Crippen molar-refractivity contribution in [3.05, 3.63) is 51.5 Å². The largest absolute Gasteiger partial charge is 0.478 e. The molecule has 1 amide bonds. The van der Waals surface area contributed by atoms with Crippen molar-refractivity contribution >= 4 is 28.9 Å². The molecule has 0 aliphatic carbocycles. The maximum absolute atomic E-state index is 13.0. The molecule has 4 nitrogen and oxygen atoms in total. The number of aromatic carboxylic acids is 1. The number of rotatable bonds is 3. The third-order valence-corrected chi connectivity index (χ3v) is 3.42. The molecule has 2 aromatic rings. The highest BCUT2D eigenvalue weighted by Gasteiger charge is 2.15. The van der Waals surface area contributed by atoms with Gasteiger partial charge in [0.2, 0.25) is 0 Å². The third-order valence-electron chi connectivity index (χ3n) is 2.42. The number of amides is 1. The Morgan fingerprint density at radius 2 is 2.00 bits per heavy atom. The summed E-state index contributed by atoms with van der Waals surface area (Å²) in [5, 5.41) is 11.4. The summed E-state index contributed by atoms with van der Waals surface area (Å²) < 4.78 is 13.0. The summed E-state index contributed by atoms with van der Waals surface area (Å²) >= 11 is 1.30. The van der Waals surface area contributed by atoms with Crippen molar-refractivity contribution in [3.63, 3.8) is 0 Å². The van der Waals surface area contributed by atoms with Gasteiger partial charge in [-0.25, -0.2) is 9.18 Å². The molecule has 1 heterocycles. The first-order valence-electron chi connectivity index (χ1n) is 5.38. The van der Waals surface area contributed by atoms with Crippen molar-refractivity contribution < 1.29 is 19.1 Å². The Morgan fingerprint density at radius 1 is 1.26 bits per heavy atom. The Balaban J connectivity index is 2.28. The predicted molar refractivity (Wildman–Crippen MR) is 70.4 cm³/mol. The second-order valence-electron chi connectivity index (χ2n) is 3.86. The Labute approximate surface area is 112 Å². The molecule has 1 aromatic heterocycles. The summed E-state index contributed by atoms with van der Waals surface area (Å²) in [6.45, 7) is 1.86. The first-order valence-corrected chi connectivity index (χ1v) is 6.19. The summed E-state index contributed by atoms with van der Waals surface area (Å²) in [7, 11) is 0. The number of halogens is 1. The predicted octanol–water partition coefficient (Wildman–Crippen LogP) is 3.15. The quantitative estimate of drug-likeness (QED) is 0.907. The molecule has 0 unspecified atom stereocenters. The van der Waals surface area contributed by atoms with Crippen LogP contribution in [-0.2, 0) is 0 Å². The number of anilines is 1. The lowest BCUT2D eigenvalue weighted by molar-refractivity contribution is 0.0697. The molecule has 0 aliphatic heterocycles. The molecule has 0 saturated carbocycles. The van der Waals surface area contributed by atoms with Gasteiger partial charge in [0.05, 0.1) is 16.1 Å². The number of thiophene rings is 1. The second-order valence-corrected chi connectivity index (χ2v) is 5.15. The minimum Gasteiger partial charge on any atom is -0.478 e. The van der Waals surface area contributed by atoms with Crippen LogP contribution < -0.4 is 5.32 Å². The standard InChI is InChI=1S/C13H10FNO3S/c1-7-2-5-11(19-7)12(16)15-10-4-3-8(14)6-9(10)13(17)18/h2-6H,1H3,(H,15,16)(H,17,18). The van der Waals surface area contributed by atoms with Crippen LogP contribution in [0.4, 0.5) is 10.1 Å². The Morgan fingerprint density at radius 3 is 2.58 bits per heavy atom. The average molecular weight is 279 g/mol. The monoisotopic (exact) mass is 279 g/mol. The Bertz CT molecular complexity index is 651. The van der Waals surface area contributed by atoms with Gasteiger partial charge in [0.25, 0.3) is 5.91 Å². The van der Waals surface area contributed by atoms with E-state index in [0.717, 1.165) is 17.0 Å². The van der Waals surface area contributed by atoms with Gasteiger partial charge in [-0.1, -0.05) is 0 Å². The fourth-order valence-electron chi connectivity index (χ4n) is 1.54. The molecule has 0 atom stereocenters. The van der Waals surface area contributed by atoms with E-state index in [1.807, 2.05) is 6.92 Å². The minimum atomic E-state index is -1.29. The highest BCUT2D eigenvalue weighted by atomic mass is 32.1. The van der Waals surface area contributed by atoms with E-state index in [4.69, 9.17) is 5.11 Å². The van der Waals surface area contributed by atoms with Crippen LogP contribution in [0.25, 0.3) is 0 Å². The lowest BCUT2D eigenvalue weighted by Crippen LogP contribution is -2.13. The van der Waals surface area contributed by atoms with Crippen LogP contribution in [0.1, 0.15) is 24.9 Å². The van der Waals surface area contributed by atoms with Gasteiger partial charge in [-0.2, -0.15) is 0 Å². The molecule has 0 radical (unpaired) electrons. The highest BCUT2D eigenvalue weighted by Crippen LogP contribution is 2.20. The number of benzene rings is 1. The number of carbonyl (C=O) groups excluding carboxylic acids is 1. The van der Waals surface area contributed by atoms with Gasteiger partial charge in [0.1, 0.15) is 5.82 Å². The summed E-state index contributed by atoms with van der Waals surface area (Å²) in [5.74, 6) is -2.37. The van der Waals surface area contributed by atoms with E-state index in [9.17, 15) is 14.0 Å². The van der Waals surface area contributed by atoms with Crippen molar-refractivity contribution in [2.75, 3.05) is 5.32 Å². The summed E-state index contributed by atoms with van der Waals surface area (Å²) in [6.07, 6.45) is 0. The van der Waals surface area contributed by atoms with Crippen LogP contribution >= 0.6 is 11.3 Å². The smallest absolute Gasteiger partial charge is 0.337 e. The molecule has 0 fully saturated rings. The van der Waals surface area contributed by atoms with Gasteiger partial charge in [-0.15, -0.1) is 11.3 Å². The summed E-state index contributed by atoms with van der Waals surface area (Å²) in [6, 6.07) is 6.65. The zero-order chi connectivity index (χ0) is 14.0. The number of hydrogen-bond donors (Lipinski definition) is 2. The van der Waals surface area contributed by atoms with Crippen LogP contribution in [0, 0.1) is 12.7 Å². The molecular weight excluding hydrogens is 269 g/mol. The zero-order valence-electron chi connectivity index (χ0n) is 9.94. The molecule has 2 N–H and O–H groups in total. The van der Waals surface area contributed by atoms with Crippen molar-refractivity contribution in [3.8, 4) is 0 Å². The normalized spacial score (nSPS) is 10.2. The molecule has 98 valence electrons. The fraction of sp³-hybridized carbons (Fsp3) is 0.0769. The first-order chi connectivity index (χ1) is 8.97. The zero-order valence-corrected chi connectivity index (χ0v) is 10.8. The fourth-order valence-corrected chi connectivity index (χ4v) is 2.31. The van der Waals surface area contributed by atoms with Gasteiger partial charge >= 0.3 is 5.97 Å². The number of carboxylic acid groups (broad SMARTS) is 1. The lowest BCUT2D eigenvalue weighted by atomic mass is 10.1. The number of nitrogens with one attached hydrogen (secondary N) is 1. The van der Waals surface area contributed by atoms with Gasteiger partial charge in [-0.3, -0.25) is 4.79 Å². The van der Waals surface area contributed by atoms with Crippen LogP contribution in [0.5, 0.6) is 0 Å². The average Bonchev–Trinajstić information content (AvgIpc) is 2.78. The second kappa shape index (κ2) is 5.19. The van der Waals surface area contributed by atoms with E-state index < -0.39 is 17.7 Å². The van der Waals surface area contributed by atoms with Crippen LogP contribution in [0.3, 0.4) is 0 Å². The topological polar surface area (TPSA) is 66.4 Å². The molecular formula is C13H10FNO3S. The Kier molecular flexibility index (Phi) is 3.62. The van der Waals surface area contributed by atoms with Gasteiger partial charge in [0, 0.05) is 4.88 Å². The van der Waals surface area contributed by atoms with Crippen LogP contribution in [0.15, 0.2) is 30.3 Å². The van der Waals surface area contributed by atoms with Crippen molar-refractivity contribution in [1.82, 2.24) is 0 Å². The first kappa shape index (κ1) is 13.2. The van der Waals surface area contributed by atoms with Gasteiger partial charge in [0.15, 0.2) is 0 Å². The van der Waals surface area contributed by atoms with Crippen molar-refractivity contribution in [2.24, 2.45) is 0 Å². The van der Waals surface area contributed by atoms with E-state index in [-0.39, 0.29) is 11.3 Å². The molecule has 0 aliphatic rings. The van der Waals surface area contributed by atoms with Crippen molar-refractivity contribution in [1.29, 1.82) is 0 Å². The lowest BCUT2D eigenvalue weighted by Gasteiger charge is -2.07. The molecule has 19 heavy (non-hydrogen) atoms. The summed E-state index contributed by atoms with van der Waals surface area (Å²) in [4.78, 5) is 24.3. The number of hydrogen-bond acceptors (Lipinski definition) is 3. The third kappa shape index (κ3) is 2.97. The highest BCUT2D eigenvalue weighted by molar-refractivity contribution is 7.14. The number of aryl methyl sites for hydroxylation is 1. The molecule has 0 spiro atoms. The van der Waals surface area contributed by atoms with E-state index in [2.05, 4.69) is 5.32 Å². The maximum Gasteiger partial charge on any atom is 0.337 e. The van der Waals surface area contributed by atoms with Crippen LogP contribution in [0.2, 0.25) is 0 Å².